The van der Waals surface area contributed by atoms with Gasteiger partial charge < -0.3 is 10.3 Å². The number of aryl methyl sites for hydroxylation is 1. The van der Waals surface area contributed by atoms with E-state index < -0.39 is 21.3 Å². The number of aromatic amines is 1. The van der Waals surface area contributed by atoms with Gasteiger partial charge in [0.2, 0.25) is 5.91 Å². The molecule has 2 N–H and O–H groups in total. The molecule has 1 amide bonds. The molecule has 7 nitrogen and oxygen atoms in total. The van der Waals surface area contributed by atoms with Gasteiger partial charge >= 0.3 is 0 Å². The van der Waals surface area contributed by atoms with Gasteiger partial charge in [0.25, 0.3) is 5.56 Å². The molecule has 2 aromatic heterocycles. The summed E-state index contributed by atoms with van der Waals surface area (Å²) in [4.78, 5) is 32.8. The fourth-order valence-corrected chi connectivity index (χ4v) is 5.77. The maximum Gasteiger partial charge on any atom is 0.253 e. The van der Waals surface area contributed by atoms with E-state index in [1.807, 2.05) is 0 Å². The number of pyridine rings is 1. The van der Waals surface area contributed by atoms with Crippen LogP contribution in [0.1, 0.15) is 62.6 Å². The van der Waals surface area contributed by atoms with Gasteiger partial charge in [-0.3, -0.25) is 9.59 Å². The van der Waals surface area contributed by atoms with E-state index in [-0.39, 0.29) is 28.0 Å². The normalized spacial score (nSPS) is 16.5. The predicted molar refractivity (Wildman–Crippen MR) is 114 cm³/mol. The number of amides is 1. The SMILES string of the molecule is CCS(=O)(=O)c1cc(C)[nH]c(=O)c1C(CC1CCCCC1)C(=O)Nc1nccs1. The van der Waals surface area contributed by atoms with Crippen LogP contribution >= 0.6 is 11.3 Å². The number of anilines is 1. The zero-order valence-electron chi connectivity index (χ0n) is 16.7. The van der Waals surface area contributed by atoms with E-state index in [2.05, 4.69) is 15.3 Å². The molecule has 2 heterocycles. The van der Waals surface area contributed by atoms with Crippen molar-refractivity contribution in [1.82, 2.24) is 9.97 Å². The van der Waals surface area contributed by atoms with Gasteiger partial charge in [0.15, 0.2) is 15.0 Å². The molecule has 1 saturated carbocycles. The van der Waals surface area contributed by atoms with Crippen molar-refractivity contribution in [2.24, 2.45) is 5.92 Å². The van der Waals surface area contributed by atoms with Crippen molar-refractivity contribution in [3.05, 3.63) is 39.3 Å². The number of nitrogens with zero attached hydrogens (tertiary/aromatic N) is 1. The molecule has 29 heavy (non-hydrogen) atoms. The minimum absolute atomic E-state index is 0.0312. The van der Waals surface area contributed by atoms with E-state index in [1.165, 1.54) is 23.8 Å². The monoisotopic (exact) mass is 437 g/mol. The van der Waals surface area contributed by atoms with E-state index >= 15 is 0 Å². The minimum atomic E-state index is -3.67. The first-order valence-corrected chi connectivity index (χ1v) is 12.5. The summed E-state index contributed by atoms with van der Waals surface area (Å²) in [6.07, 6.45) is 7.37. The fourth-order valence-electron chi connectivity index (χ4n) is 4.00. The number of carbonyl (C=O) groups excluding carboxylic acids is 1. The second-order valence-corrected chi connectivity index (χ2v) is 10.7. The van der Waals surface area contributed by atoms with Gasteiger partial charge in [0, 0.05) is 22.8 Å². The van der Waals surface area contributed by atoms with Crippen molar-refractivity contribution in [3.8, 4) is 0 Å². The number of hydrogen-bond donors (Lipinski definition) is 2. The lowest BCUT2D eigenvalue weighted by molar-refractivity contribution is -0.118. The highest BCUT2D eigenvalue weighted by Gasteiger charge is 2.33. The number of nitrogens with one attached hydrogen (secondary N) is 2. The molecular formula is C20H27N3O4S2. The smallest absolute Gasteiger partial charge is 0.253 e. The molecule has 158 valence electrons. The van der Waals surface area contributed by atoms with Crippen LogP contribution in [0.25, 0.3) is 0 Å². The van der Waals surface area contributed by atoms with E-state index in [9.17, 15) is 18.0 Å². The van der Waals surface area contributed by atoms with Crippen molar-refractivity contribution < 1.29 is 13.2 Å². The molecule has 1 aliphatic rings. The van der Waals surface area contributed by atoms with Gasteiger partial charge in [0.1, 0.15) is 0 Å². The lowest BCUT2D eigenvalue weighted by Crippen LogP contribution is -2.31. The van der Waals surface area contributed by atoms with Gasteiger partial charge in [-0.2, -0.15) is 0 Å². The maximum atomic E-state index is 13.2. The number of H-pyrrole nitrogens is 1. The Labute approximate surface area is 174 Å². The second-order valence-electron chi connectivity index (χ2n) is 7.58. The average molecular weight is 438 g/mol. The number of thiazole rings is 1. The van der Waals surface area contributed by atoms with E-state index in [1.54, 1.807) is 25.4 Å². The van der Waals surface area contributed by atoms with Crippen LogP contribution in [0.5, 0.6) is 0 Å². The van der Waals surface area contributed by atoms with Gasteiger partial charge in [0.05, 0.1) is 16.6 Å². The molecular weight excluding hydrogens is 410 g/mol. The van der Waals surface area contributed by atoms with E-state index in [0.717, 1.165) is 25.7 Å². The summed E-state index contributed by atoms with van der Waals surface area (Å²) in [6, 6.07) is 1.47. The van der Waals surface area contributed by atoms with Crippen molar-refractivity contribution >= 4 is 32.2 Å². The lowest BCUT2D eigenvalue weighted by Gasteiger charge is -2.26. The third-order valence-corrected chi connectivity index (χ3v) is 7.96. The molecule has 1 unspecified atom stereocenters. The Balaban J connectivity index is 2.07. The molecule has 3 rings (SSSR count). The largest absolute Gasteiger partial charge is 0.326 e. The Morgan fingerprint density at radius 1 is 1.34 bits per heavy atom. The average Bonchev–Trinajstić information content (AvgIpc) is 3.20. The molecule has 1 fully saturated rings. The first-order valence-electron chi connectivity index (χ1n) is 9.98. The predicted octanol–water partition coefficient (Wildman–Crippen LogP) is 3.63. The van der Waals surface area contributed by atoms with Gasteiger partial charge in [-0.15, -0.1) is 11.3 Å². The summed E-state index contributed by atoms with van der Waals surface area (Å²) < 4.78 is 25.5. The zero-order valence-corrected chi connectivity index (χ0v) is 18.4. The number of rotatable bonds is 7. The lowest BCUT2D eigenvalue weighted by atomic mass is 9.80. The number of hydrogen-bond acceptors (Lipinski definition) is 6. The van der Waals surface area contributed by atoms with Crippen molar-refractivity contribution in [2.75, 3.05) is 11.1 Å². The quantitative estimate of drug-likeness (QED) is 0.687. The summed E-state index contributed by atoms with van der Waals surface area (Å²) in [7, 11) is -3.67. The molecule has 0 saturated heterocycles. The van der Waals surface area contributed by atoms with Gasteiger partial charge in [-0.1, -0.05) is 39.0 Å². The van der Waals surface area contributed by atoms with Crippen LogP contribution in [0.15, 0.2) is 27.3 Å². The van der Waals surface area contributed by atoms with Crippen molar-refractivity contribution in [2.45, 2.75) is 63.2 Å². The molecule has 0 spiro atoms. The molecule has 9 heteroatoms. The highest BCUT2D eigenvalue weighted by atomic mass is 32.2. The molecule has 0 radical (unpaired) electrons. The number of carbonyl (C=O) groups is 1. The van der Waals surface area contributed by atoms with Crippen molar-refractivity contribution in [1.29, 1.82) is 0 Å². The van der Waals surface area contributed by atoms with Crippen LogP contribution in [0.2, 0.25) is 0 Å². The van der Waals surface area contributed by atoms with Crippen LogP contribution in [-0.4, -0.2) is 30.0 Å². The summed E-state index contributed by atoms with van der Waals surface area (Å²) in [6.45, 7) is 3.19. The van der Waals surface area contributed by atoms with Gasteiger partial charge in [-0.05, 0) is 25.3 Å². The summed E-state index contributed by atoms with van der Waals surface area (Å²) >= 11 is 1.28. The summed E-state index contributed by atoms with van der Waals surface area (Å²) in [5.74, 6) is -1.07. The van der Waals surface area contributed by atoms with Crippen LogP contribution in [-0.2, 0) is 14.6 Å². The minimum Gasteiger partial charge on any atom is -0.326 e. The Morgan fingerprint density at radius 2 is 2.07 bits per heavy atom. The third-order valence-electron chi connectivity index (χ3n) is 5.50. The topological polar surface area (TPSA) is 109 Å². The van der Waals surface area contributed by atoms with Crippen LogP contribution in [0, 0.1) is 12.8 Å². The standard InChI is InChI=1S/C20H27N3O4S2/c1-3-29(26,27)16-11-13(2)22-19(25)17(16)15(12-14-7-5-4-6-8-14)18(24)23-20-21-9-10-28-20/h9-11,14-15H,3-8,12H2,1-2H3,(H,22,25)(H,21,23,24). The van der Waals surface area contributed by atoms with Crippen LogP contribution in [0.4, 0.5) is 5.13 Å². The van der Waals surface area contributed by atoms with Crippen LogP contribution < -0.4 is 10.9 Å². The highest BCUT2D eigenvalue weighted by Crippen LogP contribution is 2.35. The highest BCUT2D eigenvalue weighted by molar-refractivity contribution is 7.91. The van der Waals surface area contributed by atoms with Crippen molar-refractivity contribution in [3.63, 3.8) is 0 Å². The van der Waals surface area contributed by atoms with Crippen LogP contribution in [0.3, 0.4) is 0 Å². The second kappa shape index (κ2) is 9.21. The Bertz CT molecular complexity index is 1010. The molecule has 1 aliphatic carbocycles. The van der Waals surface area contributed by atoms with E-state index in [0.29, 0.717) is 17.2 Å². The summed E-state index contributed by atoms with van der Waals surface area (Å²) in [5.41, 5.74) is 0.00623. The maximum absolute atomic E-state index is 13.2. The Hall–Kier alpha value is -2.00. The molecule has 0 aromatic carbocycles. The first-order chi connectivity index (χ1) is 13.8. The Kier molecular flexibility index (Phi) is 6.89. The molecule has 1 atom stereocenters. The molecule has 0 bridgehead atoms. The molecule has 0 aliphatic heterocycles. The molecule has 2 aromatic rings. The number of aromatic nitrogens is 2. The summed E-state index contributed by atoms with van der Waals surface area (Å²) in [5, 5.41) is 4.95. The third kappa shape index (κ3) is 5.14. The zero-order chi connectivity index (χ0) is 21.0. The Morgan fingerprint density at radius 3 is 2.69 bits per heavy atom. The number of sulfone groups is 1. The van der Waals surface area contributed by atoms with Gasteiger partial charge in [-0.25, -0.2) is 13.4 Å². The first kappa shape index (κ1) is 21.7. The van der Waals surface area contributed by atoms with E-state index in [4.69, 9.17) is 0 Å². The fraction of sp³-hybridized carbons (Fsp3) is 0.550.